The summed E-state index contributed by atoms with van der Waals surface area (Å²) < 4.78 is 4.82. The maximum Gasteiger partial charge on any atom is 0.305 e. The van der Waals surface area contributed by atoms with Crippen molar-refractivity contribution in [1.29, 1.82) is 0 Å². The van der Waals surface area contributed by atoms with Gasteiger partial charge in [0.1, 0.15) is 0 Å². The van der Waals surface area contributed by atoms with Crippen molar-refractivity contribution >= 4 is 5.97 Å². The van der Waals surface area contributed by atoms with E-state index in [1.165, 1.54) is 19.1 Å². The van der Waals surface area contributed by atoms with Crippen LogP contribution >= 0.6 is 0 Å². The topological polar surface area (TPSA) is 46.5 Å². The molecular formula is C19H32O3. The van der Waals surface area contributed by atoms with E-state index in [1.807, 2.05) is 0 Å². The van der Waals surface area contributed by atoms with E-state index < -0.39 is 0 Å². The molecule has 2 aliphatic rings. The molecule has 0 spiro atoms. The lowest BCUT2D eigenvalue weighted by molar-refractivity contribution is -0.143. The Morgan fingerprint density at radius 1 is 1.32 bits per heavy atom. The minimum atomic E-state index is -0.196. The number of carbonyl (C=O) groups is 1. The molecule has 5 atom stereocenters. The van der Waals surface area contributed by atoms with Crippen molar-refractivity contribution in [2.24, 2.45) is 22.7 Å². The zero-order chi connectivity index (χ0) is 16.5. The third-order valence-electron chi connectivity index (χ3n) is 6.64. The van der Waals surface area contributed by atoms with Crippen LogP contribution in [0.1, 0.15) is 65.7 Å². The molecule has 126 valence electrons. The number of methoxy groups -OCH3 is 1. The van der Waals surface area contributed by atoms with Gasteiger partial charge in [-0.1, -0.05) is 32.4 Å². The number of allylic oxidation sites excluding steroid dienone is 1. The van der Waals surface area contributed by atoms with Crippen LogP contribution in [-0.2, 0) is 9.53 Å². The monoisotopic (exact) mass is 308 g/mol. The molecule has 0 heterocycles. The Morgan fingerprint density at radius 3 is 2.59 bits per heavy atom. The van der Waals surface area contributed by atoms with Crippen LogP contribution in [0.15, 0.2) is 12.2 Å². The molecule has 22 heavy (non-hydrogen) atoms. The number of rotatable bonds is 4. The fourth-order valence-electron chi connectivity index (χ4n) is 5.05. The van der Waals surface area contributed by atoms with Gasteiger partial charge in [-0.25, -0.2) is 0 Å². The van der Waals surface area contributed by atoms with E-state index in [-0.39, 0.29) is 22.9 Å². The molecule has 0 aromatic heterocycles. The molecule has 2 aliphatic carbocycles. The molecular weight excluding hydrogens is 276 g/mol. The molecule has 2 rings (SSSR count). The first-order valence-electron chi connectivity index (χ1n) is 8.63. The van der Waals surface area contributed by atoms with Crippen molar-refractivity contribution in [3.05, 3.63) is 12.2 Å². The molecule has 2 saturated carbocycles. The Labute approximate surface area is 135 Å². The Morgan fingerprint density at radius 2 is 2.00 bits per heavy atom. The van der Waals surface area contributed by atoms with E-state index >= 15 is 0 Å². The molecule has 0 saturated heterocycles. The Hall–Kier alpha value is -0.830. The number of hydrogen-bond donors (Lipinski definition) is 1. The maximum absolute atomic E-state index is 11.6. The number of esters is 1. The van der Waals surface area contributed by atoms with E-state index in [9.17, 15) is 9.90 Å². The summed E-state index contributed by atoms with van der Waals surface area (Å²) in [6.07, 6.45) is 6.44. The largest absolute Gasteiger partial charge is 0.469 e. The smallest absolute Gasteiger partial charge is 0.305 e. The fourth-order valence-corrected chi connectivity index (χ4v) is 5.05. The van der Waals surface area contributed by atoms with E-state index in [2.05, 4.69) is 27.4 Å². The summed E-state index contributed by atoms with van der Waals surface area (Å²) in [6.45, 7) is 10.9. The fraction of sp³-hybridized carbons (Fsp3) is 0.842. The third kappa shape index (κ3) is 3.10. The van der Waals surface area contributed by atoms with Crippen LogP contribution in [0.4, 0.5) is 0 Å². The lowest BCUT2D eigenvalue weighted by Gasteiger charge is -2.57. The predicted molar refractivity (Wildman–Crippen MR) is 88.3 cm³/mol. The quantitative estimate of drug-likeness (QED) is 0.628. The van der Waals surface area contributed by atoms with Gasteiger partial charge in [0.15, 0.2) is 0 Å². The first kappa shape index (κ1) is 17.5. The van der Waals surface area contributed by atoms with Crippen LogP contribution in [0.2, 0.25) is 0 Å². The van der Waals surface area contributed by atoms with E-state index in [0.717, 1.165) is 32.1 Å². The van der Waals surface area contributed by atoms with Crippen LogP contribution in [0.5, 0.6) is 0 Å². The molecule has 2 fully saturated rings. The van der Waals surface area contributed by atoms with Crippen LogP contribution in [0, 0.1) is 22.7 Å². The highest BCUT2D eigenvalue weighted by atomic mass is 16.5. The van der Waals surface area contributed by atoms with Gasteiger partial charge in [0.2, 0.25) is 0 Å². The Kier molecular flexibility index (Phi) is 5.06. The average Bonchev–Trinajstić information content (AvgIpc) is 2.46. The Balaban J connectivity index is 2.22. The van der Waals surface area contributed by atoms with Crippen LogP contribution in [-0.4, -0.2) is 24.3 Å². The molecule has 0 aromatic carbocycles. The van der Waals surface area contributed by atoms with Crippen molar-refractivity contribution < 1.29 is 14.6 Å². The van der Waals surface area contributed by atoms with Crippen molar-refractivity contribution in [1.82, 2.24) is 0 Å². The lowest BCUT2D eigenvalue weighted by atomic mass is 9.48. The van der Waals surface area contributed by atoms with E-state index in [1.54, 1.807) is 0 Å². The summed E-state index contributed by atoms with van der Waals surface area (Å²) in [5, 5.41) is 10.6. The molecule has 0 amide bonds. The summed E-state index contributed by atoms with van der Waals surface area (Å²) >= 11 is 0. The van der Waals surface area contributed by atoms with Crippen molar-refractivity contribution in [2.75, 3.05) is 7.11 Å². The number of carbonyl (C=O) groups excluding carboxylic acids is 1. The highest BCUT2D eigenvalue weighted by molar-refractivity contribution is 5.69. The number of aliphatic hydroxyl groups excluding tert-OH is 1. The first-order valence-corrected chi connectivity index (χ1v) is 8.63. The zero-order valence-corrected chi connectivity index (χ0v) is 14.7. The second-order valence-corrected chi connectivity index (χ2v) is 8.19. The lowest BCUT2D eigenvalue weighted by Crippen LogP contribution is -2.52. The molecule has 1 N–H and O–H groups in total. The highest BCUT2D eigenvalue weighted by Gasteiger charge is 2.53. The van der Waals surface area contributed by atoms with Gasteiger partial charge in [-0.05, 0) is 61.7 Å². The van der Waals surface area contributed by atoms with Crippen LogP contribution in [0.25, 0.3) is 0 Å². The first-order chi connectivity index (χ1) is 10.2. The minimum absolute atomic E-state index is 0.00659. The van der Waals surface area contributed by atoms with Crippen LogP contribution in [0.3, 0.4) is 0 Å². The molecule has 0 aliphatic heterocycles. The number of aliphatic hydroxyl groups is 1. The average molecular weight is 308 g/mol. The predicted octanol–water partition coefficient (Wildman–Crippen LogP) is 4.10. The normalized spacial score (nSPS) is 41.6. The molecule has 0 radical (unpaired) electrons. The standard InChI is InChI=1S/C19H32O3/c1-13(2)15-12-19(4)14(7-6-8-16(19)20)11-18(15,3)10-9-17(21)22-5/h14-16,20H,1,6-12H2,2-5H3/t14-,15-,16-,18-,19-/m1/s1. The van der Waals surface area contributed by atoms with Gasteiger partial charge in [-0.15, -0.1) is 0 Å². The van der Waals surface area contributed by atoms with E-state index in [4.69, 9.17) is 4.74 Å². The van der Waals surface area contributed by atoms with Gasteiger partial charge in [0.05, 0.1) is 13.2 Å². The maximum atomic E-state index is 11.6. The van der Waals surface area contributed by atoms with Crippen molar-refractivity contribution in [3.63, 3.8) is 0 Å². The number of fused-ring (bicyclic) bond motifs is 1. The van der Waals surface area contributed by atoms with E-state index in [0.29, 0.717) is 18.3 Å². The zero-order valence-electron chi connectivity index (χ0n) is 14.7. The molecule has 3 heteroatoms. The molecule has 0 unspecified atom stereocenters. The van der Waals surface area contributed by atoms with Crippen LogP contribution < -0.4 is 0 Å². The second-order valence-electron chi connectivity index (χ2n) is 8.19. The summed E-state index contributed by atoms with van der Waals surface area (Å²) in [5.41, 5.74) is 1.28. The van der Waals surface area contributed by atoms with Gasteiger partial charge in [0.25, 0.3) is 0 Å². The number of hydrogen-bond acceptors (Lipinski definition) is 3. The molecule has 0 bridgehead atoms. The molecule has 3 nitrogen and oxygen atoms in total. The summed E-state index contributed by atoms with van der Waals surface area (Å²) in [6, 6.07) is 0. The summed E-state index contributed by atoms with van der Waals surface area (Å²) in [7, 11) is 1.45. The third-order valence-corrected chi connectivity index (χ3v) is 6.64. The SMILES string of the molecule is C=C(C)[C@H]1C[C@]2(C)[C@H](CCC[C@H]2O)C[C@@]1(C)CCC(=O)OC. The highest BCUT2D eigenvalue weighted by Crippen LogP contribution is 2.60. The minimum Gasteiger partial charge on any atom is -0.469 e. The van der Waals surface area contributed by atoms with Crippen molar-refractivity contribution in [2.45, 2.75) is 71.8 Å². The number of ether oxygens (including phenoxy) is 1. The van der Waals surface area contributed by atoms with Gasteiger partial charge in [0, 0.05) is 6.42 Å². The summed E-state index contributed by atoms with van der Waals surface area (Å²) in [4.78, 5) is 11.6. The Bertz CT molecular complexity index is 444. The summed E-state index contributed by atoms with van der Waals surface area (Å²) in [5.74, 6) is 0.791. The van der Waals surface area contributed by atoms with Crippen molar-refractivity contribution in [3.8, 4) is 0 Å². The van der Waals surface area contributed by atoms with Gasteiger partial charge in [-0.3, -0.25) is 4.79 Å². The van der Waals surface area contributed by atoms with Gasteiger partial charge >= 0.3 is 5.97 Å². The van der Waals surface area contributed by atoms with Gasteiger partial charge in [-0.2, -0.15) is 0 Å². The van der Waals surface area contributed by atoms with Gasteiger partial charge < -0.3 is 9.84 Å². The molecule has 0 aromatic rings. The second kappa shape index (κ2) is 6.35.